The summed E-state index contributed by atoms with van der Waals surface area (Å²) in [5.41, 5.74) is 1.06. The Morgan fingerprint density at radius 3 is 2.49 bits per heavy atom. The maximum atomic E-state index is 13.5. The number of ether oxygens (including phenoxy) is 4. The van der Waals surface area contributed by atoms with Gasteiger partial charge in [0.05, 0.1) is 24.2 Å². The molecule has 10 heteroatoms. The van der Waals surface area contributed by atoms with Gasteiger partial charge in [0.25, 0.3) is 0 Å². The number of carbonyl (C=O) groups excluding carboxylic acids is 3. The first kappa shape index (κ1) is 30.3. The zero-order chi connectivity index (χ0) is 29.6. The number of alkyl carbamates (subject to hydrolysis) is 1. The fraction of sp³-hybridized carbons (Fsp3) is 0.516. The van der Waals surface area contributed by atoms with Crippen LogP contribution in [-0.4, -0.2) is 74.1 Å². The van der Waals surface area contributed by atoms with Crippen LogP contribution in [-0.2, 0) is 30.4 Å². The Kier molecular flexibility index (Phi) is 9.88. The SMILES string of the molecule is COCOc1ccccc1N1CC(C)(C)N(C[C@H](NC(=O)OCc2ccccc2)[C@@H]2C[C@@H](C(C)C)C(=O)O2)CC1=O. The number of benzene rings is 2. The van der Waals surface area contributed by atoms with E-state index in [1.54, 1.807) is 12.0 Å². The minimum atomic E-state index is -0.602. The summed E-state index contributed by atoms with van der Waals surface area (Å²) in [7, 11) is 1.54. The molecule has 2 saturated heterocycles. The van der Waals surface area contributed by atoms with E-state index in [0.29, 0.717) is 30.9 Å². The lowest BCUT2D eigenvalue weighted by Crippen LogP contribution is -2.65. The van der Waals surface area contributed by atoms with Crippen molar-refractivity contribution in [3.05, 3.63) is 60.2 Å². The van der Waals surface area contributed by atoms with Crippen LogP contribution in [0.15, 0.2) is 54.6 Å². The molecule has 0 bridgehead atoms. The molecule has 2 aromatic rings. The van der Waals surface area contributed by atoms with Gasteiger partial charge in [0.2, 0.25) is 5.91 Å². The number of hydrogen-bond acceptors (Lipinski definition) is 8. The molecule has 3 atom stereocenters. The van der Waals surface area contributed by atoms with Crippen LogP contribution in [0, 0.1) is 11.8 Å². The molecule has 0 radical (unpaired) electrons. The quantitative estimate of drug-likeness (QED) is 0.321. The van der Waals surface area contributed by atoms with Gasteiger partial charge in [0.1, 0.15) is 18.5 Å². The summed E-state index contributed by atoms with van der Waals surface area (Å²) in [6.45, 7) is 9.06. The highest BCUT2D eigenvalue weighted by Gasteiger charge is 2.45. The monoisotopic (exact) mass is 567 g/mol. The number of nitrogens with zero attached hydrogens (tertiary/aromatic N) is 2. The van der Waals surface area contributed by atoms with E-state index in [9.17, 15) is 14.4 Å². The normalized spacial score (nSPS) is 21.5. The van der Waals surface area contributed by atoms with Gasteiger partial charge in [0, 0.05) is 25.7 Å². The number of cyclic esters (lactones) is 1. The van der Waals surface area contributed by atoms with Gasteiger partial charge in [-0.1, -0.05) is 56.3 Å². The van der Waals surface area contributed by atoms with Crippen molar-refractivity contribution in [1.82, 2.24) is 10.2 Å². The Morgan fingerprint density at radius 2 is 1.80 bits per heavy atom. The predicted octanol–water partition coefficient (Wildman–Crippen LogP) is 3.98. The summed E-state index contributed by atoms with van der Waals surface area (Å²) in [5, 5.41) is 2.95. The van der Waals surface area contributed by atoms with E-state index < -0.39 is 23.8 Å². The van der Waals surface area contributed by atoms with Crippen molar-refractivity contribution in [1.29, 1.82) is 0 Å². The second-order valence-electron chi connectivity index (χ2n) is 11.6. The third-order valence-corrected chi connectivity index (χ3v) is 7.76. The molecule has 41 heavy (non-hydrogen) atoms. The Balaban J connectivity index is 1.50. The van der Waals surface area contributed by atoms with E-state index in [0.717, 1.165) is 5.56 Å². The predicted molar refractivity (Wildman–Crippen MR) is 153 cm³/mol. The van der Waals surface area contributed by atoms with Gasteiger partial charge in [-0.3, -0.25) is 14.5 Å². The Morgan fingerprint density at radius 1 is 1.10 bits per heavy atom. The van der Waals surface area contributed by atoms with E-state index in [4.69, 9.17) is 18.9 Å². The molecular formula is C31H41N3O7. The van der Waals surface area contributed by atoms with Gasteiger partial charge in [-0.25, -0.2) is 4.79 Å². The van der Waals surface area contributed by atoms with Gasteiger partial charge >= 0.3 is 12.1 Å². The largest absolute Gasteiger partial charge is 0.465 e. The van der Waals surface area contributed by atoms with E-state index in [2.05, 4.69) is 5.32 Å². The van der Waals surface area contributed by atoms with Crippen LogP contribution in [0.25, 0.3) is 0 Å². The lowest BCUT2D eigenvalue weighted by atomic mass is 9.90. The van der Waals surface area contributed by atoms with E-state index in [1.807, 2.05) is 87.2 Å². The van der Waals surface area contributed by atoms with Crippen molar-refractivity contribution in [2.45, 2.75) is 58.4 Å². The first-order valence-electron chi connectivity index (χ1n) is 14.0. The Bertz CT molecular complexity index is 1200. The molecule has 0 unspecified atom stereocenters. The van der Waals surface area contributed by atoms with Crippen LogP contribution in [0.2, 0.25) is 0 Å². The molecule has 2 heterocycles. The number of rotatable bonds is 11. The highest BCUT2D eigenvalue weighted by molar-refractivity contribution is 5.97. The molecule has 2 fully saturated rings. The number of anilines is 1. The summed E-state index contributed by atoms with van der Waals surface area (Å²) < 4.78 is 22.0. The van der Waals surface area contributed by atoms with Crippen LogP contribution < -0.4 is 15.0 Å². The molecular weight excluding hydrogens is 526 g/mol. The first-order valence-corrected chi connectivity index (χ1v) is 14.0. The number of amides is 2. The van der Waals surface area contributed by atoms with Crippen molar-refractivity contribution < 1.29 is 33.3 Å². The lowest BCUT2D eigenvalue weighted by Gasteiger charge is -2.48. The minimum Gasteiger partial charge on any atom is -0.465 e. The van der Waals surface area contributed by atoms with Crippen molar-refractivity contribution in [2.24, 2.45) is 11.8 Å². The molecule has 0 spiro atoms. The highest BCUT2D eigenvalue weighted by Crippen LogP contribution is 2.34. The third kappa shape index (κ3) is 7.56. The van der Waals surface area contributed by atoms with Crippen LogP contribution in [0.5, 0.6) is 5.75 Å². The zero-order valence-corrected chi connectivity index (χ0v) is 24.5. The average Bonchev–Trinajstić information content (AvgIpc) is 3.35. The van der Waals surface area contributed by atoms with Gasteiger partial charge in [-0.2, -0.15) is 0 Å². The average molecular weight is 568 g/mol. The van der Waals surface area contributed by atoms with E-state index in [-0.39, 0.29) is 43.7 Å². The topological polar surface area (TPSA) is 107 Å². The van der Waals surface area contributed by atoms with E-state index >= 15 is 0 Å². The van der Waals surface area contributed by atoms with Crippen LogP contribution >= 0.6 is 0 Å². The molecule has 10 nitrogen and oxygen atoms in total. The zero-order valence-electron chi connectivity index (χ0n) is 24.5. The fourth-order valence-corrected chi connectivity index (χ4v) is 5.33. The van der Waals surface area contributed by atoms with E-state index in [1.165, 1.54) is 0 Å². The number of carbonyl (C=O) groups is 3. The number of piperazine rings is 1. The molecule has 222 valence electrons. The summed E-state index contributed by atoms with van der Waals surface area (Å²) >= 11 is 0. The molecule has 2 aliphatic rings. The van der Waals surface area contributed by atoms with Gasteiger partial charge in [-0.15, -0.1) is 0 Å². The third-order valence-electron chi connectivity index (χ3n) is 7.76. The standard InChI is InChI=1S/C31H41N3O7/c1-21(2)23-15-27(41-29(23)36)24(32-30(37)39-18-22-11-7-6-8-12-22)16-33-17-28(35)34(19-31(33,3)4)25-13-9-10-14-26(25)40-20-38-5/h6-14,21,23-24,27H,15-20H2,1-5H3,(H,32,37)/t23-,24-,27-/m0/s1. The summed E-state index contributed by atoms with van der Waals surface area (Å²) in [6.07, 6.45) is -0.653. The number of esters is 1. The van der Waals surface area contributed by atoms with Crippen LogP contribution in [0.4, 0.5) is 10.5 Å². The number of methoxy groups -OCH3 is 1. The van der Waals surface area contributed by atoms with Crippen molar-refractivity contribution in [2.75, 3.05) is 38.4 Å². The Hall–Kier alpha value is -3.63. The molecule has 0 aliphatic carbocycles. The summed E-state index contributed by atoms with van der Waals surface area (Å²) in [6, 6.07) is 16.2. The van der Waals surface area contributed by atoms with Crippen molar-refractivity contribution in [3.63, 3.8) is 0 Å². The summed E-state index contributed by atoms with van der Waals surface area (Å²) in [5.74, 6) is 0.0547. The maximum absolute atomic E-state index is 13.5. The smallest absolute Gasteiger partial charge is 0.407 e. The molecule has 0 saturated carbocycles. The van der Waals surface area contributed by atoms with Gasteiger partial charge in [0.15, 0.2) is 6.79 Å². The van der Waals surface area contributed by atoms with Crippen LogP contribution in [0.1, 0.15) is 39.7 Å². The minimum absolute atomic E-state index is 0.0692. The lowest BCUT2D eigenvalue weighted by molar-refractivity contribution is -0.146. The van der Waals surface area contributed by atoms with Crippen molar-refractivity contribution >= 4 is 23.7 Å². The number of nitrogens with one attached hydrogen (secondary N) is 1. The molecule has 2 aliphatic heterocycles. The second kappa shape index (κ2) is 13.4. The van der Waals surface area contributed by atoms with Crippen LogP contribution in [0.3, 0.4) is 0 Å². The molecule has 2 amide bonds. The highest BCUT2D eigenvalue weighted by atomic mass is 16.7. The molecule has 2 aromatic carbocycles. The van der Waals surface area contributed by atoms with Crippen molar-refractivity contribution in [3.8, 4) is 5.75 Å². The molecule has 0 aromatic heterocycles. The first-order chi connectivity index (χ1) is 19.6. The number of para-hydroxylation sites is 2. The fourth-order valence-electron chi connectivity index (χ4n) is 5.33. The maximum Gasteiger partial charge on any atom is 0.407 e. The Labute approximate surface area is 241 Å². The number of hydrogen-bond donors (Lipinski definition) is 1. The molecule has 4 rings (SSSR count). The van der Waals surface area contributed by atoms with Gasteiger partial charge in [-0.05, 0) is 43.9 Å². The summed E-state index contributed by atoms with van der Waals surface area (Å²) in [4.78, 5) is 42.8. The molecule has 1 N–H and O–H groups in total. The van der Waals surface area contributed by atoms with Gasteiger partial charge < -0.3 is 29.2 Å². The second-order valence-corrected chi connectivity index (χ2v) is 11.6.